The first-order valence-electron chi connectivity index (χ1n) is 12.7. The van der Waals surface area contributed by atoms with E-state index in [2.05, 4.69) is 25.1 Å². The number of esters is 1. The molecule has 0 saturated carbocycles. The predicted octanol–water partition coefficient (Wildman–Crippen LogP) is 5.15. The van der Waals surface area contributed by atoms with E-state index < -0.39 is 5.97 Å². The van der Waals surface area contributed by atoms with Crippen LogP contribution in [0.3, 0.4) is 0 Å². The highest BCUT2D eigenvalue weighted by atomic mass is 16.5. The van der Waals surface area contributed by atoms with Crippen LogP contribution in [0.1, 0.15) is 54.4 Å². The van der Waals surface area contributed by atoms with Crippen molar-refractivity contribution in [3.63, 3.8) is 0 Å². The maximum absolute atomic E-state index is 13.6. The quantitative estimate of drug-likeness (QED) is 0.479. The van der Waals surface area contributed by atoms with E-state index in [0.29, 0.717) is 24.6 Å². The van der Waals surface area contributed by atoms with Crippen molar-refractivity contribution in [2.24, 2.45) is 5.92 Å². The Kier molecular flexibility index (Phi) is 6.88. The summed E-state index contributed by atoms with van der Waals surface area (Å²) in [7, 11) is 0. The van der Waals surface area contributed by atoms with E-state index in [0.717, 1.165) is 46.1 Å². The number of amides is 1. The number of hydrogen-bond acceptors (Lipinski definition) is 5. The van der Waals surface area contributed by atoms with Gasteiger partial charge < -0.3 is 14.4 Å². The summed E-state index contributed by atoms with van der Waals surface area (Å²) in [5.74, 6) is -0.323. The van der Waals surface area contributed by atoms with Crippen molar-refractivity contribution >= 4 is 34.4 Å². The number of carbonyl (C=O) groups is 2. The molecule has 0 N–H and O–H groups in total. The molecule has 2 heterocycles. The third kappa shape index (κ3) is 5.05. The van der Waals surface area contributed by atoms with Gasteiger partial charge in [-0.25, -0.2) is 9.78 Å². The number of rotatable bonds is 4. The van der Waals surface area contributed by atoms with Crippen molar-refractivity contribution in [3.8, 4) is 0 Å². The summed E-state index contributed by atoms with van der Waals surface area (Å²) < 4.78 is 11.4. The summed E-state index contributed by atoms with van der Waals surface area (Å²) in [4.78, 5) is 33.1. The van der Waals surface area contributed by atoms with E-state index in [4.69, 9.17) is 14.5 Å². The number of allylic oxidation sites excluding steroid dienone is 1. The first kappa shape index (κ1) is 24.2. The minimum absolute atomic E-state index is 0.0409. The van der Waals surface area contributed by atoms with Gasteiger partial charge in [0.25, 0.3) is 5.91 Å². The van der Waals surface area contributed by atoms with Gasteiger partial charge in [0, 0.05) is 18.5 Å². The fourth-order valence-electron chi connectivity index (χ4n) is 5.39. The van der Waals surface area contributed by atoms with Crippen LogP contribution >= 0.6 is 0 Å². The molecule has 6 nitrogen and oxygen atoms in total. The molecule has 186 valence electrons. The molecule has 1 aromatic heterocycles. The number of carbonyl (C=O) groups excluding carboxylic acids is 2. The van der Waals surface area contributed by atoms with E-state index in [1.807, 2.05) is 56.3 Å². The number of para-hydroxylation sites is 1. The molecule has 1 aliphatic carbocycles. The molecule has 0 unspecified atom stereocenters. The Morgan fingerprint density at radius 1 is 1.00 bits per heavy atom. The first-order chi connectivity index (χ1) is 17.4. The van der Waals surface area contributed by atoms with E-state index in [9.17, 15) is 9.59 Å². The van der Waals surface area contributed by atoms with Gasteiger partial charge in [-0.3, -0.25) is 4.79 Å². The summed E-state index contributed by atoms with van der Waals surface area (Å²) in [6.07, 6.45) is 3.70. The number of benzene rings is 2. The molecule has 0 bridgehead atoms. The Morgan fingerprint density at radius 2 is 1.69 bits per heavy atom. The molecule has 1 saturated heterocycles. The second-order valence-electron chi connectivity index (χ2n) is 10.1. The number of aromatic nitrogens is 1. The Bertz CT molecular complexity index is 1310. The molecule has 0 spiro atoms. The van der Waals surface area contributed by atoms with E-state index in [-0.39, 0.29) is 24.7 Å². The van der Waals surface area contributed by atoms with Crippen LogP contribution in [-0.4, -0.2) is 53.7 Å². The van der Waals surface area contributed by atoms with E-state index in [1.165, 1.54) is 0 Å². The molecule has 3 aromatic rings. The smallest absolute Gasteiger partial charge is 0.339 e. The standard InChI is InChI=1S/C30H32N2O4/c1-19-13-23(15-22-9-5-4-6-10-22)29-25(14-19)28(24-11-7-8-12-26(24)31-29)30(34)35-18-27(33)32-16-20(2)36-21(3)17-32/h4-12,15,19-21H,13-14,16-18H2,1-3H3/b23-15-/t19-,20-,21+/m0/s1. The summed E-state index contributed by atoms with van der Waals surface area (Å²) in [6, 6.07) is 17.8. The van der Waals surface area contributed by atoms with Gasteiger partial charge in [-0.2, -0.15) is 0 Å². The fourth-order valence-corrected chi connectivity index (χ4v) is 5.39. The Hall–Kier alpha value is -3.51. The molecule has 5 rings (SSSR count). The summed E-state index contributed by atoms with van der Waals surface area (Å²) in [6.45, 7) is 6.79. The highest BCUT2D eigenvalue weighted by Gasteiger charge is 2.30. The molecule has 1 fully saturated rings. The largest absolute Gasteiger partial charge is 0.452 e. The van der Waals surface area contributed by atoms with Crippen LogP contribution in [0.25, 0.3) is 22.6 Å². The SMILES string of the molecule is C[C@H]1C/C(=C/c2ccccc2)c2nc3ccccc3c(C(=O)OCC(=O)N3C[C@@H](C)O[C@@H](C)C3)c2C1. The lowest BCUT2D eigenvalue weighted by Gasteiger charge is -2.35. The van der Waals surface area contributed by atoms with Gasteiger partial charge in [0.05, 0.1) is 29.0 Å². The normalized spacial score (nSPS) is 22.9. The number of pyridine rings is 1. The Morgan fingerprint density at radius 3 is 2.44 bits per heavy atom. The van der Waals surface area contributed by atoms with Gasteiger partial charge >= 0.3 is 5.97 Å². The van der Waals surface area contributed by atoms with Crippen LogP contribution in [-0.2, 0) is 20.7 Å². The van der Waals surface area contributed by atoms with Crippen molar-refractivity contribution < 1.29 is 19.1 Å². The average molecular weight is 485 g/mol. The van der Waals surface area contributed by atoms with Crippen molar-refractivity contribution in [1.29, 1.82) is 0 Å². The summed E-state index contributed by atoms with van der Waals surface area (Å²) in [5.41, 5.74) is 5.25. The van der Waals surface area contributed by atoms with E-state index >= 15 is 0 Å². The molecule has 1 amide bonds. The van der Waals surface area contributed by atoms with Crippen LogP contribution in [0.2, 0.25) is 0 Å². The highest BCUT2D eigenvalue weighted by Crippen LogP contribution is 2.38. The maximum atomic E-state index is 13.6. The average Bonchev–Trinajstić information content (AvgIpc) is 2.86. The lowest BCUT2D eigenvalue weighted by molar-refractivity contribution is -0.146. The van der Waals surface area contributed by atoms with Gasteiger partial charge in [0.2, 0.25) is 0 Å². The predicted molar refractivity (Wildman–Crippen MR) is 140 cm³/mol. The van der Waals surface area contributed by atoms with Crippen molar-refractivity contribution in [2.45, 2.75) is 45.8 Å². The van der Waals surface area contributed by atoms with Crippen LogP contribution in [0.15, 0.2) is 54.6 Å². The molecular weight excluding hydrogens is 452 g/mol. The van der Waals surface area contributed by atoms with Gasteiger partial charge in [-0.05, 0) is 61.4 Å². The van der Waals surface area contributed by atoms with Gasteiger partial charge in [-0.1, -0.05) is 55.5 Å². The highest BCUT2D eigenvalue weighted by molar-refractivity contribution is 6.07. The number of morpholine rings is 1. The second kappa shape index (κ2) is 10.2. The molecule has 0 radical (unpaired) electrons. The molecule has 36 heavy (non-hydrogen) atoms. The van der Waals surface area contributed by atoms with Crippen molar-refractivity contribution in [1.82, 2.24) is 9.88 Å². The summed E-state index contributed by atoms with van der Waals surface area (Å²) in [5, 5.41) is 0.760. The van der Waals surface area contributed by atoms with Crippen molar-refractivity contribution in [2.75, 3.05) is 19.7 Å². The zero-order valence-electron chi connectivity index (χ0n) is 21.1. The third-order valence-corrected chi connectivity index (χ3v) is 6.86. The van der Waals surface area contributed by atoms with Crippen LogP contribution in [0.4, 0.5) is 0 Å². The zero-order chi connectivity index (χ0) is 25.2. The van der Waals surface area contributed by atoms with Gasteiger partial charge in [-0.15, -0.1) is 0 Å². The Labute approximate surface area is 211 Å². The van der Waals surface area contributed by atoms with E-state index in [1.54, 1.807) is 4.90 Å². The van der Waals surface area contributed by atoms with Gasteiger partial charge in [0.1, 0.15) is 0 Å². The number of fused-ring (bicyclic) bond motifs is 2. The molecule has 6 heteroatoms. The van der Waals surface area contributed by atoms with Crippen molar-refractivity contribution in [3.05, 3.63) is 77.0 Å². The summed E-state index contributed by atoms with van der Waals surface area (Å²) >= 11 is 0. The third-order valence-electron chi connectivity index (χ3n) is 6.86. The fraction of sp³-hybridized carbons (Fsp3) is 0.367. The number of nitrogens with zero attached hydrogens (tertiary/aromatic N) is 2. The first-order valence-corrected chi connectivity index (χ1v) is 12.7. The number of hydrogen-bond donors (Lipinski definition) is 0. The van der Waals surface area contributed by atoms with Gasteiger partial charge in [0.15, 0.2) is 6.61 Å². The maximum Gasteiger partial charge on any atom is 0.339 e. The minimum atomic E-state index is -0.472. The van der Waals surface area contributed by atoms with Crippen LogP contribution in [0, 0.1) is 5.92 Å². The monoisotopic (exact) mass is 484 g/mol. The molecular formula is C30H32N2O4. The van der Waals surface area contributed by atoms with Crippen LogP contribution < -0.4 is 0 Å². The minimum Gasteiger partial charge on any atom is -0.452 e. The van der Waals surface area contributed by atoms with Crippen LogP contribution in [0.5, 0.6) is 0 Å². The molecule has 2 aromatic carbocycles. The lowest BCUT2D eigenvalue weighted by Crippen LogP contribution is -2.49. The molecule has 1 aliphatic heterocycles. The Balaban J connectivity index is 1.49. The number of ether oxygens (including phenoxy) is 2. The molecule has 2 aliphatic rings. The second-order valence-corrected chi connectivity index (χ2v) is 10.1. The molecule has 3 atom stereocenters. The lowest BCUT2D eigenvalue weighted by atomic mass is 9.80. The topological polar surface area (TPSA) is 68.7 Å². The zero-order valence-corrected chi connectivity index (χ0v) is 21.1.